The maximum absolute atomic E-state index is 5.81. The average Bonchev–Trinajstić information content (AvgIpc) is 2.57. The zero-order chi connectivity index (χ0) is 15.4. The molecule has 118 valence electrons. The zero-order valence-electron chi connectivity index (χ0n) is 12.9. The third-order valence-electron chi connectivity index (χ3n) is 3.96. The van der Waals surface area contributed by atoms with E-state index in [2.05, 4.69) is 30.4 Å². The van der Waals surface area contributed by atoms with Gasteiger partial charge in [0.25, 0.3) is 0 Å². The van der Waals surface area contributed by atoms with Gasteiger partial charge in [0.1, 0.15) is 0 Å². The molecule has 23 heavy (non-hydrogen) atoms. The molecule has 3 heteroatoms. The van der Waals surface area contributed by atoms with E-state index in [1.807, 2.05) is 42.5 Å². The van der Waals surface area contributed by atoms with Gasteiger partial charge in [0.05, 0.1) is 0 Å². The predicted molar refractivity (Wildman–Crippen MR) is 103 cm³/mol. The van der Waals surface area contributed by atoms with E-state index in [1.165, 1.54) is 16.5 Å². The molecule has 0 aliphatic heterocycles. The Morgan fingerprint density at radius 1 is 0.652 bits per heavy atom. The van der Waals surface area contributed by atoms with Crippen LogP contribution in [0.4, 0.5) is 11.4 Å². The highest BCUT2D eigenvalue weighted by atomic mass is 35.5. The summed E-state index contributed by atoms with van der Waals surface area (Å²) in [6.45, 7) is 0. The van der Waals surface area contributed by atoms with Gasteiger partial charge in [0, 0.05) is 16.8 Å². The standard InChI is InChI=1S/C10H11N.C10H9N.ClH/c2*11-10-7-3-5-8-4-1-2-6-9(8)10;/h1-3,5,7H,4,6,11H2;1-7H,11H2;1H. The number of hydrogen-bond donors (Lipinski definition) is 2. The summed E-state index contributed by atoms with van der Waals surface area (Å²) in [7, 11) is 0. The molecule has 0 aromatic heterocycles. The van der Waals surface area contributed by atoms with Crippen molar-refractivity contribution in [2.24, 2.45) is 0 Å². The van der Waals surface area contributed by atoms with Crippen LogP contribution in [0.15, 0.2) is 72.8 Å². The second-order valence-corrected chi connectivity index (χ2v) is 5.43. The lowest BCUT2D eigenvalue weighted by Gasteiger charge is -2.12. The first-order valence-corrected chi connectivity index (χ1v) is 7.50. The number of nitrogen functional groups attached to an aromatic ring is 2. The van der Waals surface area contributed by atoms with E-state index in [4.69, 9.17) is 11.5 Å². The second-order valence-electron chi connectivity index (χ2n) is 5.43. The van der Waals surface area contributed by atoms with Crippen molar-refractivity contribution in [3.05, 3.63) is 83.9 Å². The zero-order valence-corrected chi connectivity index (χ0v) is 13.7. The Bertz CT molecular complexity index is 819. The molecule has 0 saturated heterocycles. The van der Waals surface area contributed by atoms with Gasteiger partial charge in [-0.1, -0.05) is 60.7 Å². The van der Waals surface area contributed by atoms with Gasteiger partial charge in [-0.05, 0) is 41.5 Å². The van der Waals surface area contributed by atoms with Crippen LogP contribution in [0, 0.1) is 0 Å². The molecule has 4 N–H and O–H groups in total. The maximum atomic E-state index is 5.81. The highest BCUT2D eigenvalue weighted by molar-refractivity contribution is 5.92. The lowest BCUT2D eigenvalue weighted by Crippen LogP contribution is -2.01. The van der Waals surface area contributed by atoms with Crippen molar-refractivity contribution >= 4 is 34.6 Å². The Balaban J connectivity index is 0.000000160. The van der Waals surface area contributed by atoms with Crippen molar-refractivity contribution in [3.8, 4) is 0 Å². The minimum Gasteiger partial charge on any atom is -0.398 e. The molecule has 4 rings (SSSR count). The Kier molecular flexibility index (Phi) is 5.67. The minimum atomic E-state index is 0. The molecule has 0 heterocycles. The molecule has 0 radical (unpaired) electrons. The van der Waals surface area contributed by atoms with Crippen LogP contribution in [-0.2, 0) is 12.8 Å². The van der Waals surface area contributed by atoms with Gasteiger partial charge in [-0.3, -0.25) is 0 Å². The summed E-state index contributed by atoms with van der Waals surface area (Å²) in [5.74, 6) is 0. The number of hydrogen-bond acceptors (Lipinski definition) is 2. The molecule has 1 aliphatic rings. The number of fused-ring (bicyclic) bond motifs is 2. The summed E-state index contributed by atoms with van der Waals surface area (Å²) in [6.07, 6.45) is 6.42. The van der Waals surface area contributed by atoms with E-state index in [0.717, 1.165) is 29.6 Å². The fourth-order valence-corrected chi connectivity index (χ4v) is 2.76. The van der Waals surface area contributed by atoms with Crippen molar-refractivity contribution in [3.63, 3.8) is 0 Å². The molecule has 0 atom stereocenters. The Labute approximate surface area is 143 Å². The lowest BCUT2D eigenvalue weighted by molar-refractivity contribution is 1.10. The van der Waals surface area contributed by atoms with E-state index in [9.17, 15) is 0 Å². The monoisotopic (exact) mass is 324 g/mol. The van der Waals surface area contributed by atoms with Gasteiger partial charge >= 0.3 is 0 Å². The fraction of sp³-hybridized carbons (Fsp3) is 0.100. The van der Waals surface area contributed by atoms with Gasteiger partial charge < -0.3 is 11.5 Å². The van der Waals surface area contributed by atoms with E-state index >= 15 is 0 Å². The second kappa shape index (κ2) is 7.70. The molecule has 0 fully saturated rings. The van der Waals surface area contributed by atoms with Crippen molar-refractivity contribution in [2.45, 2.75) is 12.8 Å². The smallest absolute Gasteiger partial charge is 0.0393 e. The first kappa shape index (κ1) is 16.9. The van der Waals surface area contributed by atoms with Crippen molar-refractivity contribution in [1.29, 1.82) is 0 Å². The molecule has 3 aromatic carbocycles. The largest absolute Gasteiger partial charge is 0.398 e. The normalized spacial score (nSPS) is 11.8. The van der Waals surface area contributed by atoms with Crippen molar-refractivity contribution < 1.29 is 0 Å². The number of rotatable bonds is 0. The Morgan fingerprint density at radius 2 is 1.30 bits per heavy atom. The first-order chi connectivity index (χ1) is 10.8. The first-order valence-electron chi connectivity index (χ1n) is 7.50. The lowest BCUT2D eigenvalue weighted by atomic mass is 9.96. The molecule has 1 aliphatic carbocycles. The number of anilines is 2. The summed E-state index contributed by atoms with van der Waals surface area (Å²) in [5, 5.41) is 2.34. The van der Waals surface area contributed by atoms with E-state index in [0.29, 0.717) is 0 Å². The number of allylic oxidation sites excluding steroid dienone is 2. The topological polar surface area (TPSA) is 52.0 Å². The highest BCUT2D eigenvalue weighted by Gasteiger charge is 2.05. The SMILES string of the molecule is Cl.Nc1cccc2c1CC=CC2.Nc1cccc2ccccc12. The molecule has 0 amide bonds. The Hall–Kier alpha value is -2.45. The summed E-state index contributed by atoms with van der Waals surface area (Å²) in [4.78, 5) is 0. The molecule has 0 unspecified atom stereocenters. The van der Waals surface area contributed by atoms with Gasteiger partial charge in [0.2, 0.25) is 0 Å². The van der Waals surface area contributed by atoms with E-state index in [-0.39, 0.29) is 12.4 Å². The van der Waals surface area contributed by atoms with Crippen LogP contribution in [0.3, 0.4) is 0 Å². The van der Waals surface area contributed by atoms with E-state index in [1.54, 1.807) is 0 Å². The molecule has 3 aromatic rings. The van der Waals surface area contributed by atoms with Crippen LogP contribution in [0.5, 0.6) is 0 Å². The summed E-state index contributed by atoms with van der Waals surface area (Å²) >= 11 is 0. The number of benzene rings is 3. The van der Waals surface area contributed by atoms with Crippen molar-refractivity contribution in [1.82, 2.24) is 0 Å². The highest BCUT2D eigenvalue weighted by Crippen LogP contribution is 2.22. The van der Waals surface area contributed by atoms with Gasteiger partial charge in [-0.15, -0.1) is 12.4 Å². The number of nitrogens with two attached hydrogens (primary N) is 2. The third kappa shape index (κ3) is 3.85. The number of halogens is 1. The van der Waals surface area contributed by atoms with Crippen LogP contribution < -0.4 is 11.5 Å². The molecular weight excluding hydrogens is 304 g/mol. The summed E-state index contributed by atoms with van der Waals surface area (Å²) in [6, 6.07) is 20.2. The van der Waals surface area contributed by atoms with Crippen molar-refractivity contribution in [2.75, 3.05) is 11.5 Å². The quantitative estimate of drug-likeness (QED) is 0.462. The van der Waals surface area contributed by atoms with Crippen LogP contribution >= 0.6 is 12.4 Å². The fourth-order valence-electron chi connectivity index (χ4n) is 2.76. The maximum Gasteiger partial charge on any atom is 0.0393 e. The Morgan fingerprint density at radius 3 is 2.09 bits per heavy atom. The van der Waals surface area contributed by atoms with E-state index < -0.39 is 0 Å². The average molecular weight is 325 g/mol. The van der Waals surface area contributed by atoms with Crippen LogP contribution in [-0.4, -0.2) is 0 Å². The van der Waals surface area contributed by atoms with Crippen LogP contribution in [0.2, 0.25) is 0 Å². The molecule has 0 bridgehead atoms. The van der Waals surface area contributed by atoms with Gasteiger partial charge in [-0.25, -0.2) is 0 Å². The van der Waals surface area contributed by atoms with Crippen LogP contribution in [0.1, 0.15) is 11.1 Å². The summed E-state index contributed by atoms with van der Waals surface area (Å²) in [5.41, 5.74) is 16.0. The molecule has 0 spiro atoms. The van der Waals surface area contributed by atoms with Gasteiger partial charge in [0.15, 0.2) is 0 Å². The summed E-state index contributed by atoms with van der Waals surface area (Å²) < 4.78 is 0. The molecule has 0 saturated carbocycles. The van der Waals surface area contributed by atoms with Gasteiger partial charge in [-0.2, -0.15) is 0 Å². The van der Waals surface area contributed by atoms with Crippen LogP contribution in [0.25, 0.3) is 10.8 Å². The molecule has 2 nitrogen and oxygen atoms in total. The predicted octanol–water partition coefficient (Wildman–Crippen LogP) is 4.77. The minimum absolute atomic E-state index is 0. The third-order valence-corrected chi connectivity index (χ3v) is 3.96. The molecular formula is C20H21ClN2.